The molecule has 0 atom stereocenters. The largest absolute Gasteiger partial charge is 0.496 e. The van der Waals surface area contributed by atoms with E-state index in [4.69, 9.17) is 4.74 Å². The fourth-order valence-corrected chi connectivity index (χ4v) is 1.55. The van der Waals surface area contributed by atoms with E-state index >= 15 is 0 Å². The van der Waals surface area contributed by atoms with Crippen molar-refractivity contribution in [2.24, 2.45) is 0 Å². The molecule has 92 valence electrons. The molecular formula is C12H14O4S. The molecule has 4 nitrogen and oxygen atoms in total. The third kappa shape index (κ3) is 3.78. The van der Waals surface area contributed by atoms with Gasteiger partial charge in [-0.3, -0.25) is 9.59 Å². The fourth-order valence-electron chi connectivity index (χ4n) is 1.36. The first-order valence-corrected chi connectivity index (χ1v) is 5.50. The van der Waals surface area contributed by atoms with E-state index in [2.05, 4.69) is 17.4 Å². The summed E-state index contributed by atoms with van der Waals surface area (Å²) in [7, 11) is 2.78. The quantitative estimate of drug-likeness (QED) is 0.497. The van der Waals surface area contributed by atoms with E-state index in [1.165, 1.54) is 14.2 Å². The number of esters is 1. The van der Waals surface area contributed by atoms with Gasteiger partial charge in [-0.1, -0.05) is 0 Å². The maximum atomic E-state index is 11.8. The van der Waals surface area contributed by atoms with E-state index in [1.807, 2.05) is 0 Å². The molecule has 0 aliphatic rings. The van der Waals surface area contributed by atoms with E-state index in [1.54, 1.807) is 18.2 Å². The molecular weight excluding hydrogens is 240 g/mol. The van der Waals surface area contributed by atoms with Gasteiger partial charge in [-0.05, 0) is 18.2 Å². The Kier molecular flexibility index (Phi) is 5.03. The van der Waals surface area contributed by atoms with Crippen molar-refractivity contribution < 1.29 is 19.1 Å². The molecule has 0 fully saturated rings. The van der Waals surface area contributed by atoms with Gasteiger partial charge in [-0.15, -0.1) is 12.6 Å². The molecule has 1 aromatic rings. The molecule has 0 aliphatic heterocycles. The van der Waals surface area contributed by atoms with Crippen molar-refractivity contribution in [1.82, 2.24) is 0 Å². The highest BCUT2D eigenvalue weighted by atomic mass is 32.1. The first-order chi connectivity index (χ1) is 8.08. The van der Waals surface area contributed by atoms with Crippen LogP contribution in [0.5, 0.6) is 5.75 Å². The minimum absolute atomic E-state index is 0.0705. The third-order valence-corrected chi connectivity index (χ3v) is 2.55. The summed E-state index contributed by atoms with van der Waals surface area (Å²) >= 11 is 4.16. The molecule has 0 saturated carbocycles. The summed E-state index contributed by atoms with van der Waals surface area (Å²) in [5.74, 6) is -0.0870. The van der Waals surface area contributed by atoms with Gasteiger partial charge in [-0.25, -0.2) is 0 Å². The zero-order chi connectivity index (χ0) is 12.8. The molecule has 0 aromatic heterocycles. The van der Waals surface area contributed by atoms with Crippen LogP contribution in [-0.2, 0) is 9.53 Å². The lowest BCUT2D eigenvalue weighted by Crippen LogP contribution is -2.07. The summed E-state index contributed by atoms with van der Waals surface area (Å²) in [5, 5.41) is 0. The van der Waals surface area contributed by atoms with Crippen LogP contribution in [0.2, 0.25) is 0 Å². The maximum Gasteiger partial charge on any atom is 0.305 e. The lowest BCUT2D eigenvalue weighted by molar-refractivity contribution is -0.140. The van der Waals surface area contributed by atoms with Crippen LogP contribution in [0.15, 0.2) is 23.1 Å². The van der Waals surface area contributed by atoms with Gasteiger partial charge >= 0.3 is 5.97 Å². The molecule has 0 spiro atoms. The number of Topliss-reactive ketones (excluding diaryl/α,β-unsaturated/α-hetero) is 1. The molecule has 0 heterocycles. The Morgan fingerprint density at radius 3 is 2.53 bits per heavy atom. The van der Waals surface area contributed by atoms with Crippen LogP contribution in [0.3, 0.4) is 0 Å². The van der Waals surface area contributed by atoms with Gasteiger partial charge in [0.1, 0.15) is 5.75 Å². The minimum Gasteiger partial charge on any atom is -0.496 e. The average molecular weight is 254 g/mol. The molecule has 1 aromatic carbocycles. The topological polar surface area (TPSA) is 52.6 Å². The number of benzene rings is 1. The second-order valence-corrected chi connectivity index (χ2v) is 3.90. The number of rotatable bonds is 5. The summed E-state index contributed by atoms with van der Waals surface area (Å²) in [4.78, 5) is 23.5. The summed E-state index contributed by atoms with van der Waals surface area (Å²) in [5.41, 5.74) is 0.453. The van der Waals surface area contributed by atoms with Crippen LogP contribution in [-0.4, -0.2) is 26.0 Å². The Labute approximate surface area is 105 Å². The molecule has 0 bridgehead atoms. The summed E-state index contributed by atoms with van der Waals surface area (Å²) in [6.07, 6.45) is 0.177. The normalized spacial score (nSPS) is 9.82. The Morgan fingerprint density at radius 1 is 1.24 bits per heavy atom. The van der Waals surface area contributed by atoms with E-state index in [0.29, 0.717) is 16.2 Å². The van der Waals surface area contributed by atoms with Crippen molar-refractivity contribution in [2.45, 2.75) is 17.7 Å². The molecule has 0 amide bonds. The predicted octanol–water partition coefficient (Wildman–Crippen LogP) is 2.12. The first kappa shape index (κ1) is 13.6. The number of ketones is 1. The Hall–Kier alpha value is -1.49. The van der Waals surface area contributed by atoms with Crippen LogP contribution in [0.25, 0.3) is 0 Å². The molecule has 17 heavy (non-hydrogen) atoms. The van der Waals surface area contributed by atoms with Crippen molar-refractivity contribution in [3.05, 3.63) is 23.8 Å². The van der Waals surface area contributed by atoms with Crippen molar-refractivity contribution in [3.63, 3.8) is 0 Å². The maximum absolute atomic E-state index is 11.8. The summed E-state index contributed by atoms with van der Waals surface area (Å²) in [6.45, 7) is 0. The Bertz CT molecular complexity index is 429. The average Bonchev–Trinajstić information content (AvgIpc) is 2.35. The van der Waals surface area contributed by atoms with Crippen molar-refractivity contribution in [3.8, 4) is 5.75 Å². The monoisotopic (exact) mass is 254 g/mol. The SMILES string of the molecule is COC(=O)CCC(=O)c1ccc(S)cc1OC. The van der Waals surface area contributed by atoms with Crippen molar-refractivity contribution in [1.29, 1.82) is 0 Å². The van der Waals surface area contributed by atoms with Gasteiger partial charge in [0, 0.05) is 11.3 Å². The zero-order valence-corrected chi connectivity index (χ0v) is 10.6. The number of methoxy groups -OCH3 is 2. The highest BCUT2D eigenvalue weighted by molar-refractivity contribution is 7.80. The van der Waals surface area contributed by atoms with Gasteiger partial charge in [0.2, 0.25) is 0 Å². The van der Waals surface area contributed by atoms with Gasteiger partial charge < -0.3 is 9.47 Å². The number of hydrogen-bond acceptors (Lipinski definition) is 5. The van der Waals surface area contributed by atoms with Gasteiger partial charge in [0.05, 0.1) is 26.2 Å². The molecule has 0 radical (unpaired) electrons. The lowest BCUT2D eigenvalue weighted by atomic mass is 10.1. The van der Waals surface area contributed by atoms with E-state index < -0.39 is 5.97 Å². The molecule has 0 unspecified atom stereocenters. The Morgan fingerprint density at radius 2 is 1.94 bits per heavy atom. The highest BCUT2D eigenvalue weighted by Crippen LogP contribution is 2.23. The van der Waals surface area contributed by atoms with Crippen LogP contribution in [0.1, 0.15) is 23.2 Å². The number of ether oxygens (including phenoxy) is 2. The molecule has 1 rings (SSSR count). The van der Waals surface area contributed by atoms with Crippen LogP contribution in [0, 0.1) is 0 Å². The number of hydrogen-bond donors (Lipinski definition) is 1. The van der Waals surface area contributed by atoms with E-state index in [9.17, 15) is 9.59 Å². The summed E-state index contributed by atoms with van der Waals surface area (Å²) < 4.78 is 9.57. The predicted molar refractivity (Wildman–Crippen MR) is 65.8 cm³/mol. The lowest BCUT2D eigenvalue weighted by Gasteiger charge is -2.07. The summed E-state index contributed by atoms with van der Waals surface area (Å²) in [6, 6.07) is 5.01. The smallest absolute Gasteiger partial charge is 0.305 e. The zero-order valence-electron chi connectivity index (χ0n) is 9.73. The number of carbonyl (C=O) groups excluding carboxylic acids is 2. The number of thiol groups is 1. The molecule has 0 N–H and O–H groups in total. The van der Waals surface area contributed by atoms with E-state index in [0.717, 1.165) is 0 Å². The second-order valence-electron chi connectivity index (χ2n) is 3.38. The standard InChI is InChI=1S/C12H14O4S/c1-15-11-7-8(17)3-4-9(11)10(13)5-6-12(14)16-2/h3-4,7,17H,5-6H2,1-2H3. The Balaban J connectivity index is 2.78. The molecule has 0 saturated heterocycles. The highest BCUT2D eigenvalue weighted by Gasteiger charge is 2.14. The van der Waals surface area contributed by atoms with Gasteiger partial charge in [-0.2, -0.15) is 0 Å². The van der Waals surface area contributed by atoms with Crippen molar-refractivity contribution >= 4 is 24.4 Å². The third-order valence-electron chi connectivity index (χ3n) is 2.27. The molecule has 5 heteroatoms. The van der Waals surface area contributed by atoms with Crippen LogP contribution in [0.4, 0.5) is 0 Å². The van der Waals surface area contributed by atoms with E-state index in [-0.39, 0.29) is 18.6 Å². The second kappa shape index (κ2) is 6.30. The van der Waals surface area contributed by atoms with Crippen molar-refractivity contribution in [2.75, 3.05) is 14.2 Å². The number of carbonyl (C=O) groups is 2. The van der Waals surface area contributed by atoms with Gasteiger partial charge in [0.25, 0.3) is 0 Å². The van der Waals surface area contributed by atoms with Gasteiger partial charge in [0.15, 0.2) is 5.78 Å². The fraction of sp³-hybridized carbons (Fsp3) is 0.333. The first-order valence-electron chi connectivity index (χ1n) is 5.05. The van der Waals surface area contributed by atoms with Crippen LogP contribution >= 0.6 is 12.6 Å². The van der Waals surface area contributed by atoms with Crippen LogP contribution < -0.4 is 4.74 Å². The minimum atomic E-state index is -0.400. The molecule has 0 aliphatic carbocycles.